The Morgan fingerprint density at radius 2 is 2.15 bits per heavy atom. The number of hydrogen-bond donors (Lipinski definition) is 1. The third kappa shape index (κ3) is 1.86. The van der Waals surface area contributed by atoms with Gasteiger partial charge in [-0.05, 0) is 47.9 Å². The number of aromatic nitrogens is 1. The molecule has 1 aliphatic carbocycles. The van der Waals surface area contributed by atoms with E-state index in [1.54, 1.807) is 0 Å². The molecule has 0 aliphatic heterocycles. The third-order valence-corrected chi connectivity index (χ3v) is 5.44. The fraction of sp³-hybridized carbons (Fsp3) is 0.235. The maximum atomic E-state index is 6.53. The van der Waals surface area contributed by atoms with Gasteiger partial charge in [-0.1, -0.05) is 18.2 Å². The van der Waals surface area contributed by atoms with Crippen LogP contribution in [0, 0.1) is 0 Å². The summed E-state index contributed by atoms with van der Waals surface area (Å²) in [7, 11) is 0. The molecular weight excluding hydrogens is 264 g/mol. The van der Waals surface area contributed by atoms with Crippen LogP contribution in [0.25, 0.3) is 10.8 Å². The van der Waals surface area contributed by atoms with Gasteiger partial charge in [0.25, 0.3) is 0 Å². The van der Waals surface area contributed by atoms with Crippen molar-refractivity contribution in [3.8, 4) is 0 Å². The number of thiophene rings is 1. The van der Waals surface area contributed by atoms with Crippen molar-refractivity contribution in [1.82, 2.24) is 4.98 Å². The topological polar surface area (TPSA) is 38.9 Å². The molecule has 3 aromatic rings. The Morgan fingerprint density at radius 1 is 1.20 bits per heavy atom. The Hall–Kier alpha value is -1.71. The number of nitrogens with two attached hydrogens (primary N) is 1. The lowest BCUT2D eigenvalue weighted by Gasteiger charge is -2.13. The summed E-state index contributed by atoms with van der Waals surface area (Å²) in [6.07, 6.45) is 7.50. The van der Waals surface area contributed by atoms with Crippen molar-refractivity contribution in [1.29, 1.82) is 0 Å². The molecule has 0 radical (unpaired) electrons. The second kappa shape index (κ2) is 4.69. The molecule has 2 heterocycles. The monoisotopic (exact) mass is 280 g/mol. The molecule has 0 saturated carbocycles. The van der Waals surface area contributed by atoms with Crippen LogP contribution in [0.15, 0.2) is 42.7 Å². The highest BCUT2D eigenvalue weighted by atomic mass is 32.1. The van der Waals surface area contributed by atoms with E-state index in [1.165, 1.54) is 45.5 Å². The summed E-state index contributed by atoms with van der Waals surface area (Å²) in [4.78, 5) is 7.07. The lowest BCUT2D eigenvalue weighted by atomic mass is 9.99. The van der Waals surface area contributed by atoms with E-state index in [0.29, 0.717) is 0 Å². The number of pyridine rings is 1. The summed E-state index contributed by atoms with van der Waals surface area (Å²) in [5, 5.41) is 2.37. The molecule has 0 amide bonds. The first kappa shape index (κ1) is 12.1. The standard InChI is InChI=1S/C17H16N2S/c18-17(16-9-12-4-2-6-15(12)20-16)13-5-1-3-11-7-8-19-10-14(11)13/h1,3,5,7-10,17H,2,4,6,18H2. The van der Waals surface area contributed by atoms with Gasteiger partial charge in [0.1, 0.15) is 0 Å². The van der Waals surface area contributed by atoms with Gasteiger partial charge >= 0.3 is 0 Å². The third-order valence-electron chi connectivity index (χ3n) is 4.12. The summed E-state index contributed by atoms with van der Waals surface area (Å²) in [5.41, 5.74) is 9.22. The number of aryl methyl sites for hydroxylation is 2. The predicted octanol–water partition coefficient (Wildman–Crippen LogP) is 3.83. The number of rotatable bonds is 2. The number of benzene rings is 1. The first-order valence-electron chi connectivity index (χ1n) is 7.02. The van der Waals surface area contributed by atoms with Crippen molar-refractivity contribution >= 4 is 22.1 Å². The molecule has 0 bridgehead atoms. The number of hydrogen-bond acceptors (Lipinski definition) is 3. The molecule has 2 N–H and O–H groups in total. The summed E-state index contributed by atoms with van der Waals surface area (Å²) in [6.45, 7) is 0. The van der Waals surface area contributed by atoms with Crippen molar-refractivity contribution in [2.75, 3.05) is 0 Å². The first-order valence-corrected chi connectivity index (χ1v) is 7.84. The second-order valence-corrected chi connectivity index (χ2v) is 6.54. The molecule has 3 heteroatoms. The van der Waals surface area contributed by atoms with E-state index in [4.69, 9.17) is 5.73 Å². The maximum absolute atomic E-state index is 6.53. The first-order chi connectivity index (χ1) is 9.83. The van der Waals surface area contributed by atoms with Gasteiger partial charge in [-0.3, -0.25) is 4.98 Å². The van der Waals surface area contributed by atoms with Crippen molar-refractivity contribution in [3.63, 3.8) is 0 Å². The Morgan fingerprint density at radius 3 is 3.05 bits per heavy atom. The molecule has 0 fully saturated rings. The molecule has 20 heavy (non-hydrogen) atoms. The van der Waals surface area contributed by atoms with E-state index in [9.17, 15) is 0 Å². The lowest BCUT2D eigenvalue weighted by molar-refractivity contribution is 0.888. The van der Waals surface area contributed by atoms with Crippen molar-refractivity contribution in [3.05, 3.63) is 63.6 Å². The van der Waals surface area contributed by atoms with Crippen molar-refractivity contribution in [2.45, 2.75) is 25.3 Å². The molecule has 100 valence electrons. The van der Waals surface area contributed by atoms with Gasteiger partial charge in [0, 0.05) is 27.5 Å². The fourth-order valence-corrected chi connectivity index (χ4v) is 4.34. The molecule has 2 aromatic heterocycles. The number of nitrogens with zero attached hydrogens (tertiary/aromatic N) is 1. The zero-order valence-corrected chi connectivity index (χ0v) is 12.0. The molecule has 2 nitrogen and oxygen atoms in total. The Balaban J connectivity index is 1.81. The van der Waals surface area contributed by atoms with Crippen LogP contribution in [0.3, 0.4) is 0 Å². The van der Waals surface area contributed by atoms with Gasteiger partial charge in [-0.2, -0.15) is 0 Å². The smallest absolute Gasteiger partial charge is 0.0652 e. The van der Waals surface area contributed by atoms with Gasteiger partial charge in [-0.15, -0.1) is 11.3 Å². The Bertz CT molecular complexity index is 749. The zero-order valence-electron chi connectivity index (χ0n) is 11.2. The molecule has 1 unspecified atom stereocenters. The van der Waals surface area contributed by atoms with E-state index < -0.39 is 0 Å². The van der Waals surface area contributed by atoms with Gasteiger partial charge in [0.15, 0.2) is 0 Å². The molecule has 4 rings (SSSR count). The maximum Gasteiger partial charge on any atom is 0.0652 e. The largest absolute Gasteiger partial charge is 0.320 e. The van der Waals surface area contributed by atoms with Crippen LogP contribution in [0.1, 0.15) is 33.3 Å². The van der Waals surface area contributed by atoms with E-state index in [2.05, 4.69) is 29.2 Å². The average molecular weight is 280 g/mol. The van der Waals surface area contributed by atoms with Crippen molar-refractivity contribution < 1.29 is 0 Å². The van der Waals surface area contributed by atoms with Gasteiger partial charge in [0.05, 0.1) is 6.04 Å². The highest BCUT2D eigenvalue weighted by Crippen LogP contribution is 2.36. The van der Waals surface area contributed by atoms with Crippen LogP contribution in [0.4, 0.5) is 0 Å². The van der Waals surface area contributed by atoms with Gasteiger partial charge < -0.3 is 5.73 Å². The van der Waals surface area contributed by atoms with Crippen LogP contribution in [0.5, 0.6) is 0 Å². The Kier molecular flexibility index (Phi) is 2.83. The highest BCUT2D eigenvalue weighted by Gasteiger charge is 2.20. The highest BCUT2D eigenvalue weighted by molar-refractivity contribution is 7.12. The molecule has 0 saturated heterocycles. The zero-order chi connectivity index (χ0) is 13.5. The molecular formula is C17H16N2S. The number of fused-ring (bicyclic) bond motifs is 2. The fourth-order valence-electron chi connectivity index (χ4n) is 3.07. The second-order valence-electron chi connectivity index (χ2n) is 5.37. The summed E-state index contributed by atoms with van der Waals surface area (Å²) in [5.74, 6) is 0. The molecule has 1 aliphatic rings. The van der Waals surface area contributed by atoms with Crippen LogP contribution >= 0.6 is 11.3 Å². The normalized spacial score (nSPS) is 15.4. The van der Waals surface area contributed by atoms with Gasteiger partial charge in [0.2, 0.25) is 0 Å². The van der Waals surface area contributed by atoms with E-state index in [0.717, 1.165) is 5.39 Å². The van der Waals surface area contributed by atoms with E-state index in [-0.39, 0.29) is 6.04 Å². The van der Waals surface area contributed by atoms with Crippen LogP contribution in [0.2, 0.25) is 0 Å². The lowest BCUT2D eigenvalue weighted by Crippen LogP contribution is -2.10. The average Bonchev–Trinajstić information content (AvgIpc) is 3.07. The minimum atomic E-state index is -0.0431. The summed E-state index contributed by atoms with van der Waals surface area (Å²) in [6, 6.07) is 10.6. The van der Waals surface area contributed by atoms with E-state index >= 15 is 0 Å². The molecule has 1 atom stereocenters. The Labute approximate surface area is 122 Å². The van der Waals surface area contributed by atoms with Crippen LogP contribution in [-0.2, 0) is 12.8 Å². The summed E-state index contributed by atoms with van der Waals surface area (Å²) < 4.78 is 0. The van der Waals surface area contributed by atoms with Crippen LogP contribution < -0.4 is 5.73 Å². The van der Waals surface area contributed by atoms with Gasteiger partial charge in [-0.25, -0.2) is 0 Å². The minimum Gasteiger partial charge on any atom is -0.320 e. The quantitative estimate of drug-likeness (QED) is 0.774. The van der Waals surface area contributed by atoms with Crippen LogP contribution in [-0.4, -0.2) is 4.98 Å². The van der Waals surface area contributed by atoms with E-state index in [1.807, 2.05) is 29.8 Å². The molecule has 1 aromatic carbocycles. The SMILES string of the molecule is NC(c1cc2c(s1)CCC2)c1cccc2ccncc12. The van der Waals surface area contributed by atoms with Crippen molar-refractivity contribution in [2.24, 2.45) is 5.73 Å². The summed E-state index contributed by atoms with van der Waals surface area (Å²) >= 11 is 1.89. The minimum absolute atomic E-state index is 0.0431. The predicted molar refractivity (Wildman–Crippen MR) is 84.1 cm³/mol. The molecule has 0 spiro atoms.